The molecule has 0 fully saturated rings. The second kappa shape index (κ2) is 4.85. The molecule has 0 saturated carbocycles. The van der Waals surface area contributed by atoms with Gasteiger partial charge < -0.3 is 9.97 Å². The van der Waals surface area contributed by atoms with Gasteiger partial charge in [0.15, 0.2) is 5.82 Å². The number of H-pyrrole nitrogens is 2. The SMILES string of the molecule is O=c1[nH]c(-c2ccc[nH]2)nc(-c2ccccc2)c1Br. The van der Waals surface area contributed by atoms with Crippen LogP contribution in [0.4, 0.5) is 0 Å². The number of nitrogens with one attached hydrogen (secondary N) is 2. The molecule has 2 N–H and O–H groups in total. The van der Waals surface area contributed by atoms with Gasteiger partial charge in [0.25, 0.3) is 5.56 Å². The largest absolute Gasteiger partial charge is 0.359 e. The fourth-order valence-electron chi connectivity index (χ4n) is 1.85. The molecule has 5 heteroatoms. The van der Waals surface area contributed by atoms with Crippen LogP contribution in [-0.2, 0) is 0 Å². The van der Waals surface area contributed by atoms with Gasteiger partial charge in [-0.25, -0.2) is 4.98 Å². The van der Waals surface area contributed by atoms with Gasteiger partial charge >= 0.3 is 0 Å². The van der Waals surface area contributed by atoms with Gasteiger partial charge in [-0.2, -0.15) is 0 Å². The number of hydrogen-bond donors (Lipinski definition) is 2. The smallest absolute Gasteiger partial charge is 0.266 e. The summed E-state index contributed by atoms with van der Waals surface area (Å²) in [7, 11) is 0. The molecule has 0 aliphatic heterocycles. The highest BCUT2D eigenvalue weighted by Gasteiger charge is 2.12. The molecule has 1 aromatic carbocycles. The van der Waals surface area contributed by atoms with Crippen LogP contribution < -0.4 is 5.56 Å². The third-order valence-electron chi connectivity index (χ3n) is 2.76. The zero-order valence-electron chi connectivity index (χ0n) is 9.85. The van der Waals surface area contributed by atoms with E-state index in [0.29, 0.717) is 16.0 Å². The quantitative estimate of drug-likeness (QED) is 0.763. The molecule has 0 spiro atoms. The maximum Gasteiger partial charge on any atom is 0.266 e. The Morgan fingerprint density at radius 1 is 1.05 bits per heavy atom. The fraction of sp³-hybridized carbons (Fsp3) is 0. The van der Waals surface area contributed by atoms with Crippen molar-refractivity contribution in [2.45, 2.75) is 0 Å². The van der Waals surface area contributed by atoms with E-state index in [-0.39, 0.29) is 5.56 Å². The highest BCUT2D eigenvalue weighted by Crippen LogP contribution is 2.24. The van der Waals surface area contributed by atoms with E-state index in [2.05, 4.69) is 30.9 Å². The van der Waals surface area contributed by atoms with E-state index in [0.717, 1.165) is 11.3 Å². The maximum atomic E-state index is 12.0. The topological polar surface area (TPSA) is 61.5 Å². The fourth-order valence-corrected chi connectivity index (χ4v) is 2.27. The Morgan fingerprint density at radius 3 is 2.53 bits per heavy atom. The van der Waals surface area contributed by atoms with Crippen molar-refractivity contribution < 1.29 is 0 Å². The van der Waals surface area contributed by atoms with Gasteiger partial charge in [-0.1, -0.05) is 30.3 Å². The Kier molecular flexibility index (Phi) is 3.05. The zero-order valence-corrected chi connectivity index (χ0v) is 11.4. The number of benzene rings is 1. The minimum atomic E-state index is -0.196. The molecule has 0 aliphatic rings. The Morgan fingerprint density at radius 2 is 1.84 bits per heavy atom. The lowest BCUT2D eigenvalue weighted by atomic mass is 10.1. The van der Waals surface area contributed by atoms with Gasteiger partial charge in [0.2, 0.25) is 0 Å². The number of halogens is 1. The highest BCUT2D eigenvalue weighted by atomic mass is 79.9. The van der Waals surface area contributed by atoms with Gasteiger partial charge in [-0.3, -0.25) is 4.79 Å². The monoisotopic (exact) mass is 315 g/mol. The van der Waals surface area contributed by atoms with Crippen LogP contribution in [0.5, 0.6) is 0 Å². The van der Waals surface area contributed by atoms with Crippen molar-refractivity contribution in [1.82, 2.24) is 15.0 Å². The summed E-state index contributed by atoms with van der Waals surface area (Å²) in [5.74, 6) is 0.525. The molecule has 94 valence electrons. The molecular weight excluding hydrogens is 306 g/mol. The third kappa shape index (κ3) is 2.24. The lowest BCUT2D eigenvalue weighted by molar-refractivity contribution is 1.10. The van der Waals surface area contributed by atoms with E-state index in [4.69, 9.17) is 0 Å². The first kappa shape index (κ1) is 11.9. The van der Waals surface area contributed by atoms with Gasteiger partial charge in [0.05, 0.1) is 11.4 Å². The number of nitrogens with zero attached hydrogens (tertiary/aromatic N) is 1. The lowest BCUT2D eigenvalue weighted by Crippen LogP contribution is -2.11. The van der Waals surface area contributed by atoms with E-state index >= 15 is 0 Å². The van der Waals surface area contributed by atoms with Crippen molar-refractivity contribution >= 4 is 15.9 Å². The number of rotatable bonds is 2. The molecule has 0 atom stereocenters. The van der Waals surface area contributed by atoms with Crippen molar-refractivity contribution in [1.29, 1.82) is 0 Å². The van der Waals surface area contributed by atoms with Crippen LogP contribution in [0.25, 0.3) is 22.8 Å². The summed E-state index contributed by atoms with van der Waals surface area (Å²) in [6, 6.07) is 13.3. The van der Waals surface area contributed by atoms with Crippen molar-refractivity contribution in [3.05, 3.63) is 63.5 Å². The summed E-state index contributed by atoms with van der Waals surface area (Å²) >= 11 is 3.30. The molecule has 0 unspecified atom stereocenters. The van der Waals surface area contributed by atoms with E-state index in [1.807, 2.05) is 42.5 Å². The number of aromatic nitrogens is 3. The lowest BCUT2D eigenvalue weighted by Gasteiger charge is -2.05. The standard InChI is InChI=1S/C14H10BrN3O/c15-11-12(9-5-2-1-3-6-9)17-13(18-14(11)19)10-7-4-8-16-10/h1-8,16H,(H,17,18,19). The van der Waals surface area contributed by atoms with Crippen molar-refractivity contribution in [2.75, 3.05) is 0 Å². The molecule has 2 aromatic heterocycles. The van der Waals surface area contributed by atoms with Crippen LogP contribution in [0.15, 0.2) is 57.9 Å². The molecule has 0 saturated heterocycles. The molecule has 0 radical (unpaired) electrons. The van der Waals surface area contributed by atoms with Gasteiger partial charge in [-0.05, 0) is 28.1 Å². The van der Waals surface area contributed by atoms with Crippen molar-refractivity contribution in [2.24, 2.45) is 0 Å². The van der Waals surface area contributed by atoms with Crippen molar-refractivity contribution in [3.8, 4) is 22.8 Å². The second-order valence-electron chi connectivity index (χ2n) is 4.03. The first-order chi connectivity index (χ1) is 9.25. The summed E-state index contributed by atoms with van der Waals surface area (Å²) in [4.78, 5) is 22.3. The van der Waals surface area contributed by atoms with Gasteiger partial charge in [0.1, 0.15) is 4.47 Å². The molecule has 3 rings (SSSR count). The predicted molar refractivity (Wildman–Crippen MR) is 77.8 cm³/mol. The van der Waals surface area contributed by atoms with Crippen LogP contribution in [-0.4, -0.2) is 15.0 Å². The van der Waals surface area contributed by atoms with Crippen LogP contribution in [0.2, 0.25) is 0 Å². The molecule has 0 aliphatic carbocycles. The average Bonchev–Trinajstić information content (AvgIpc) is 2.97. The average molecular weight is 316 g/mol. The normalized spacial score (nSPS) is 10.6. The summed E-state index contributed by atoms with van der Waals surface area (Å²) in [6.07, 6.45) is 1.79. The molecule has 0 amide bonds. The molecule has 2 heterocycles. The zero-order chi connectivity index (χ0) is 13.2. The number of hydrogen-bond acceptors (Lipinski definition) is 2. The predicted octanol–water partition coefficient (Wildman–Crippen LogP) is 3.19. The number of aromatic amines is 2. The van der Waals surface area contributed by atoms with Crippen molar-refractivity contribution in [3.63, 3.8) is 0 Å². The Balaban J connectivity index is 2.23. The maximum absolute atomic E-state index is 12.0. The minimum absolute atomic E-state index is 0.196. The second-order valence-corrected chi connectivity index (χ2v) is 4.82. The Labute approximate surface area is 117 Å². The van der Waals surface area contributed by atoms with E-state index < -0.39 is 0 Å². The first-order valence-corrected chi connectivity index (χ1v) is 6.54. The summed E-state index contributed by atoms with van der Waals surface area (Å²) in [5, 5.41) is 0. The minimum Gasteiger partial charge on any atom is -0.359 e. The van der Waals surface area contributed by atoms with Crippen LogP contribution >= 0.6 is 15.9 Å². The van der Waals surface area contributed by atoms with E-state index in [9.17, 15) is 4.79 Å². The molecule has 19 heavy (non-hydrogen) atoms. The molecule has 0 bridgehead atoms. The Hall–Kier alpha value is -2.14. The van der Waals surface area contributed by atoms with Gasteiger partial charge in [-0.15, -0.1) is 0 Å². The van der Waals surface area contributed by atoms with Crippen LogP contribution in [0.1, 0.15) is 0 Å². The first-order valence-electron chi connectivity index (χ1n) is 5.75. The molecule has 4 nitrogen and oxygen atoms in total. The highest BCUT2D eigenvalue weighted by molar-refractivity contribution is 9.10. The molecule has 3 aromatic rings. The van der Waals surface area contributed by atoms with Crippen LogP contribution in [0.3, 0.4) is 0 Å². The summed E-state index contributed by atoms with van der Waals surface area (Å²) < 4.78 is 0.439. The summed E-state index contributed by atoms with van der Waals surface area (Å²) in [6.45, 7) is 0. The van der Waals surface area contributed by atoms with E-state index in [1.165, 1.54) is 0 Å². The molecular formula is C14H10BrN3O. The van der Waals surface area contributed by atoms with E-state index in [1.54, 1.807) is 6.20 Å². The Bertz CT molecular complexity index is 748. The summed E-state index contributed by atoms with van der Waals surface area (Å²) in [5.41, 5.74) is 2.11. The third-order valence-corrected chi connectivity index (χ3v) is 3.50. The van der Waals surface area contributed by atoms with Crippen LogP contribution in [0, 0.1) is 0 Å². The van der Waals surface area contributed by atoms with Gasteiger partial charge in [0, 0.05) is 11.8 Å².